The van der Waals surface area contributed by atoms with E-state index in [0.717, 1.165) is 211 Å². The standard InChI is InChI=1S/C124H116N4O16/c1-9-15-21-25-29-73(30-26-22-16-10-2)127-119(135)92-56-46-82-78-42-52-88-106-89(53-43-79(102(78)106)83-47-57-93(120(127)136)108(92)104(82)83)116(132)125(115(88)131)63-61-71-33-37-75(38-34-71)143-99-67-97(70(8)130)101-77(69(7)129)41-50-86-112-100(68-98(124(140)142-66-20-14-6)110-96(123(139)141-65-19-13-5)60-51-87(114(110)112)111(99)113(86)101)144-76-39-35-72(36-40-76)62-64-126-117(133)90-54-44-80-84-48-58-94-109-95(59-49-85(105(84)109)81-45-55-91(118(126)134)107(90)103(80)81)122(138)128(121(94)137)74(31-27-23-17-11-3)32-28-24-18-12-4/h33-60,67-68,73-74H,9-32,61-66H2,1-8H3. The predicted molar refractivity (Wildman–Crippen MR) is 568 cm³/mol. The van der Waals surface area contributed by atoms with Gasteiger partial charge >= 0.3 is 11.9 Å². The van der Waals surface area contributed by atoms with Crippen LogP contribution in [0.15, 0.2) is 182 Å². The van der Waals surface area contributed by atoms with Crippen LogP contribution in [0.25, 0.3) is 129 Å². The van der Waals surface area contributed by atoms with E-state index in [0.29, 0.717) is 135 Å². The molecule has 4 aliphatic rings. The fourth-order valence-electron chi connectivity index (χ4n) is 23.8. The molecule has 0 atom stereocenters. The second kappa shape index (κ2) is 39.4. The van der Waals surface area contributed by atoms with Gasteiger partial charge in [0.05, 0.1) is 24.3 Å². The van der Waals surface area contributed by atoms with Gasteiger partial charge in [0.1, 0.15) is 23.0 Å². The summed E-state index contributed by atoms with van der Waals surface area (Å²) in [6.45, 7) is 15.7. The number of rotatable bonds is 42. The van der Waals surface area contributed by atoms with Crippen molar-refractivity contribution < 1.29 is 76.5 Å². The van der Waals surface area contributed by atoms with Gasteiger partial charge in [-0.3, -0.25) is 67.5 Å². The molecule has 0 radical (unpaired) electrons. The van der Waals surface area contributed by atoms with Crippen molar-refractivity contribution in [1.29, 1.82) is 0 Å². The van der Waals surface area contributed by atoms with Crippen molar-refractivity contribution in [3.63, 3.8) is 0 Å². The van der Waals surface area contributed by atoms with Crippen LogP contribution in [0.1, 0.15) is 345 Å². The lowest BCUT2D eigenvalue weighted by Crippen LogP contribution is -2.47. The summed E-state index contributed by atoms with van der Waals surface area (Å²) >= 11 is 0. The molecule has 0 saturated heterocycles. The molecular weight excluding hydrogens is 1800 g/mol. The zero-order valence-electron chi connectivity index (χ0n) is 83.0. The van der Waals surface area contributed by atoms with Gasteiger partial charge in [0.15, 0.2) is 11.6 Å². The first-order valence-electron chi connectivity index (χ1n) is 52.2. The van der Waals surface area contributed by atoms with Crippen molar-refractivity contribution in [2.24, 2.45) is 0 Å². The average Bonchev–Trinajstić information content (AvgIpc) is 0.695. The van der Waals surface area contributed by atoms with E-state index in [1.54, 1.807) is 94.7 Å². The van der Waals surface area contributed by atoms with E-state index >= 15 is 24.0 Å². The molecule has 0 N–H and O–H groups in total. The molecule has 0 spiro atoms. The molecule has 0 unspecified atom stereocenters. The van der Waals surface area contributed by atoms with Crippen molar-refractivity contribution >= 4 is 200 Å². The van der Waals surface area contributed by atoms with Crippen LogP contribution >= 0.6 is 0 Å². The number of ketones is 2. The molecule has 0 aromatic heterocycles. The van der Waals surface area contributed by atoms with Crippen LogP contribution in [0.2, 0.25) is 0 Å². The summed E-state index contributed by atoms with van der Waals surface area (Å²) in [5.41, 5.74) is 5.49. The van der Waals surface area contributed by atoms with Gasteiger partial charge < -0.3 is 18.9 Å². The minimum atomic E-state index is -0.741. The summed E-state index contributed by atoms with van der Waals surface area (Å²) in [4.78, 5) is 184. The molecule has 0 saturated carbocycles. The lowest BCUT2D eigenvalue weighted by molar-refractivity contribution is 0.0489. The summed E-state index contributed by atoms with van der Waals surface area (Å²) < 4.78 is 26.3. The summed E-state index contributed by atoms with van der Waals surface area (Å²) in [5.74, 6) is -4.02. The van der Waals surface area contributed by atoms with Crippen LogP contribution in [0.4, 0.5) is 0 Å². The number of hydrogen-bond acceptors (Lipinski definition) is 16. The number of carbonyl (C=O) groups is 12. The van der Waals surface area contributed by atoms with Gasteiger partial charge in [0, 0.05) is 135 Å². The first-order chi connectivity index (χ1) is 70.1. The minimum Gasteiger partial charge on any atom is -0.462 e. The van der Waals surface area contributed by atoms with Crippen LogP contribution in [-0.2, 0) is 22.3 Å². The third-order valence-electron chi connectivity index (χ3n) is 31.0. The molecule has 0 aliphatic carbocycles. The fourth-order valence-corrected chi connectivity index (χ4v) is 23.8. The Kier molecular flexibility index (Phi) is 26.1. The van der Waals surface area contributed by atoms with Crippen LogP contribution in [0, 0.1) is 0 Å². The molecule has 0 bridgehead atoms. The molecule has 17 aromatic carbocycles. The number of imide groups is 4. The molecule has 20 heteroatoms. The van der Waals surface area contributed by atoms with Gasteiger partial charge in [-0.05, 0) is 243 Å². The molecule has 144 heavy (non-hydrogen) atoms. The van der Waals surface area contributed by atoms with Gasteiger partial charge in [0.2, 0.25) is 0 Å². The van der Waals surface area contributed by atoms with Gasteiger partial charge in [-0.2, -0.15) is 0 Å². The SMILES string of the molecule is CCCCCCC(CCCCCC)N1C(=O)c2ccc3c4ccc5c6c(ccc(c7ccc(c2c37)C1=O)c64)C(=O)N(CCc1ccc(Oc2cc(C(C)=O)c3c(C(C)=O)ccc4c6c(Oc7ccc(CCN8C(=O)c9ccc%10c%11ccc%12c%13c(ccc(c%14ccc(c9c%10%14)C8=O)c%13%11)C(=O)N(C(CCCCCC)CCCCCC)C%12=O)cc7)cc(C(=O)OCCCC)c7c(C(=O)OCCCC)ccc(c2c34)c76)cc1)C5=O. The average molecular weight is 1920 g/mol. The molecule has 4 aliphatic heterocycles. The Morgan fingerprint density at radius 1 is 0.250 bits per heavy atom. The Bertz CT molecular complexity index is 7990. The molecule has 20 nitrogen and oxygen atoms in total. The maximum absolute atomic E-state index is 15.2. The second-order valence-electron chi connectivity index (χ2n) is 40.0. The van der Waals surface area contributed by atoms with Crippen molar-refractivity contribution in [3.8, 4) is 23.0 Å². The molecule has 4 heterocycles. The first kappa shape index (κ1) is 95.3. The number of esters is 2. The fraction of sp³-hybridized carbons (Fsp3) is 0.323. The normalized spacial score (nSPS) is 13.8. The van der Waals surface area contributed by atoms with E-state index in [2.05, 4.69) is 27.7 Å². The third kappa shape index (κ3) is 16.0. The highest BCUT2D eigenvalue weighted by Crippen LogP contribution is 2.55. The number of benzene rings is 17. The monoisotopic (exact) mass is 1920 g/mol. The number of Topliss-reactive ketones (excluding diaryl/α,β-unsaturated/α-hetero) is 2. The highest BCUT2D eigenvalue weighted by molar-refractivity contribution is 6.45. The second-order valence-corrected chi connectivity index (χ2v) is 40.0. The predicted octanol–water partition coefficient (Wildman–Crippen LogP) is 29.2. The Morgan fingerprint density at radius 3 is 0.819 bits per heavy atom. The van der Waals surface area contributed by atoms with Gasteiger partial charge in [-0.1, -0.05) is 248 Å². The summed E-state index contributed by atoms with van der Waals surface area (Å²) in [6, 6.07) is 54.0. The third-order valence-corrected chi connectivity index (χ3v) is 31.0. The van der Waals surface area contributed by atoms with Crippen LogP contribution in [0.3, 0.4) is 0 Å². The van der Waals surface area contributed by atoms with Crippen molar-refractivity contribution in [2.45, 2.75) is 234 Å². The summed E-state index contributed by atoms with van der Waals surface area (Å²) in [5, 5.41) is 15.1. The van der Waals surface area contributed by atoms with E-state index in [9.17, 15) is 33.6 Å². The zero-order valence-corrected chi connectivity index (χ0v) is 83.0. The number of ether oxygens (including phenoxy) is 4. The van der Waals surface area contributed by atoms with Crippen LogP contribution < -0.4 is 9.47 Å². The van der Waals surface area contributed by atoms with E-state index in [1.165, 1.54) is 23.6 Å². The van der Waals surface area contributed by atoms with E-state index in [1.807, 2.05) is 111 Å². The largest absolute Gasteiger partial charge is 0.462 e. The number of hydrogen-bond donors (Lipinski definition) is 0. The van der Waals surface area contributed by atoms with Crippen LogP contribution in [0.5, 0.6) is 23.0 Å². The molecule has 21 rings (SSSR count). The number of unbranched alkanes of at least 4 members (excludes halogenated alkanes) is 14. The van der Waals surface area contributed by atoms with Crippen LogP contribution in [-0.4, -0.2) is 129 Å². The van der Waals surface area contributed by atoms with Gasteiger partial charge in [-0.25, -0.2) is 9.59 Å². The maximum atomic E-state index is 15.2. The van der Waals surface area contributed by atoms with Crippen molar-refractivity contribution in [1.82, 2.24) is 19.6 Å². The highest BCUT2D eigenvalue weighted by Gasteiger charge is 2.44. The van der Waals surface area contributed by atoms with Gasteiger partial charge in [0.25, 0.3) is 47.3 Å². The Hall–Kier alpha value is -14.9. The molecule has 728 valence electrons. The molecule has 8 amide bonds. The Labute approximate surface area is 834 Å². The first-order valence-corrected chi connectivity index (χ1v) is 52.2. The minimum absolute atomic E-state index is 0.00464. The Balaban J connectivity index is 0.579. The molecular formula is C124H116N4O16. The maximum Gasteiger partial charge on any atom is 0.338 e. The molecule has 17 aromatic rings. The molecule has 0 fully saturated rings. The lowest BCUT2D eigenvalue weighted by Gasteiger charge is -2.35. The van der Waals surface area contributed by atoms with E-state index in [-0.39, 0.29) is 126 Å². The highest BCUT2D eigenvalue weighted by atomic mass is 16.5. The Morgan fingerprint density at radius 2 is 0.521 bits per heavy atom. The topological polar surface area (TPSA) is 255 Å². The number of fused-ring (bicyclic) bond motifs is 6. The number of nitrogens with zero attached hydrogens (tertiary/aromatic N) is 4. The quantitative estimate of drug-likeness (QED) is 0.00860. The van der Waals surface area contributed by atoms with E-state index in [4.69, 9.17) is 18.9 Å². The van der Waals surface area contributed by atoms with Crippen molar-refractivity contribution in [2.75, 3.05) is 26.3 Å². The zero-order chi connectivity index (χ0) is 99.9. The van der Waals surface area contributed by atoms with E-state index < -0.39 is 35.6 Å². The smallest absolute Gasteiger partial charge is 0.338 e. The van der Waals surface area contributed by atoms with Crippen molar-refractivity contribution in [3.05, 3.63) is 260 Å². The summed E-state index contributed by atoms with van der Waals surface area (Å²) in [7, 11) is 0. The number of amides is 8. The lowest BCUT2D eigenvalue weighted by atomic mass is 9.82. The number of carbonyl (C=O) groups excluding carboxylic acids is 12. The van der Waals surface area contributed by atoms with Gasteiger partial charge in [-0.15, -0.1) is 0 Å². The summed E-state index contributed by atoms with van der Waals surface area (Å²) in [6.07, 6.45) is 22.7.